The zero-order valence-corrected chi connectivity index (χ0v) is 14.0. The average molecular weight is 338 g/mol. The third kappa shape index (κ3) is 4.14. The number of benzene rings is 1. The zero-order valence-electron chi connectivity index (χ0n) is 14.0. The first-order valence-corrected chi connectivity index (χ1v) is 7.70. The van der Waals surface area contributed by atoms with Gasteiger partial charge in [-0.1, -0.05) is 23.4 Å². The molecule has 128 valence electrons. The van der Waals surface area contributed by atoms with Gasteiger partial charge in [0, 0.05) is 6.20 Å². The monoisotopic (exact) mass is 338 g/mol. The van der Waals surface area contributed by atoms with E-state index in [1.54, 1.807) is 18.3 Å². The maximum absolute atomic E-state index is 6.00. The molecule has 0 aliphatic heterocycles. The first kappa shape index (κ1) is 16.5. The average Bonchev–Trinajstić information content (AvgIpc) is 2.94. The molecule has 0 bridgehead atoms. The summed E-state index contributed by atoms with van der Waals surface area (Å²) in [5.41, 5.74) is 7.36. The topological polar surface area (TPSA) is 95.8 Å². The van der Waals surface area contributed by atoms with Crippen molar-refractivity contribution in [3.05, 3.63) is 71.6 Å². The van der Waals surface area contributed by atoms with Crippen molar-refractivity contribution in [1.29, 1.82) is 0 Å². The summed E-state index contributed by atoms with van der Waals surface area (Å²) < 4.78 is 11.2. The fourth-order valence-electron chi connectivity index (χ4n) is 2.07. The highest BCUT2D eigenvalue weighted by Crippen LogP contribution is 2.22. The fraction of sp³-hybridized carbons (Fsp3) is 0.167. The van der Waals surface area contributed by atoms with E-state index < -0.39 is 0 Å². The maximum atomic E-state index is 6.00. The number of oxime groups is 1. The van der Waals surface area contributed by atoms with Gasteiger partial charge in [0.1, 0.15) is 11.5 Å². The number of amidine groups is 1. The number of aromatic nitrogens is 2. The first-order valence-electron chi connectivity index (χ1n) is 7.70. The third-order valence-electron chi connectivity index (χ3n) is 3.43. The highest BCUT2D eigenvalue weighted by atomic mass is 16.6. The Morgan fingerprint density at radius 3 is 2.68 bits per heavy atom. The fourth-order valence-corrected chi connectivity index (χ4v) is 2.07. The van der Waals surface area contributed by atoms with E-state index in [0.717, 1.165) is 11.5 Å². The second kappa shape index (κ2) is 7.48. The Morgan fingerprint density at radius 1 is 1.16 bits per heavy atom. The first-order chi connectivity index (χ1) is 12.1. The minimum atomic E-state index is 0.0878. The van der Waals surface area contributed by atoms with Crippen LogP contribution in [0.25, 0.3) is 0 Å². The number of para-hydroxylation sites is 1. The van der Waals surface area contributed by atoms with E-state index in [0.29, 0.717) is 23.1 Å². The molecule has 0 unspecified atom stereocenters. The van der Waals surface area contributed by atoms with Crippen molar-refractivity contribution < 1.29 is 14.0 Å². The van der Waals surface area contributed by atoms with Gasteiger partial charge in [0.15, 0.2) is 12.4 Å². The zero-order chi connectivity index (χ0) is 17.6. The molecule has 2 aromatic heterocycles. The Bertz CT molecular complexity index is 856. The van der Waals surface area contributed by atoms with Crippen LogP contribution >= 0.6 is 0 Å². The van der Waals surface area contributed by atoms with Crippen LogP contribution in [0, 0.1) is 13.8 Å². The van der Waals surface area contributed by atoms with Crippen LogP contribution in [0.5, 0.6) is 11.6 Å². The normalized spacial score (nSPS) is 11.4. The van der Waals surface area contributed by atoms with Gasteiger partial charge in [-0.05, 0) is 38.1 Å². The summed E-state index contributed by atoms with van der Waals surface area (Å²) in [5, 5.41) is 3.91. The number of pyridine rings is 1. The molecule has 2 heterocycles. The molecule has 1 aromatic carbocycles. The van der Waals surface area contributed by atoms with E-state index in [1.165, 1.54) is 0 Å². The standard InChI is InChI=1S/C18H18N4O3/c1-12-13(2)24-16(21-12)11-23-22-17(19)15-9-6-10-20-18(15)25-14-7-4-3-5-8-14/h3-10H,11H2,1-2H3,(H2,19,22). The van der Waals surface area contributed by atoms with Crippen molar-refractivity contribution in [3.8, 4) is 11.6 Å². The van der Waals surface area contributed by atoms with E-state index >= 15 is 0 Å². The van der Waals surface area contributed by atoms with Crippen LogP contribution in [0.15, 0.2) is 58.2 Å². The number of rotatable bonds is 6. The molecule has 0 aliphatic rings. The molecule has 0 spiro atoms. The minimum Gasteiger partial charge on any atom is -0.442 e. The van der Waals surface area contributed by atoms with Gasteiger partial charge in [0.25, 0.3) is 0 Å². The highest BCUT2D eigenvalue weighted by molar-refractivity contribution is 5.99. The van der Waals surface area contributed by atoms with Gasteiger partial charge in [-0.3, -0.25) is 0 Å². The van der Waals surface area contributed by atoms with E-state index in [4.69, 9.17) is 19.7 Å². The van der Waals surface area contributed by atoms with Crippen LogP contribution in [-0.2, 0) is 11.4 Å². The van der Waals surface area contributed by atoms with Crippen molar-refractivity contribution in [1.82, 2.24) is 9.97 Å². The van der Waals surface area contributed by atoms with Crippen LogP contribution < -0.4 is 10.5 Å². The Hall–Kier alpha value is -3.35. The summed E-state index contributed by atoms with van der Waals surface area (Å²) in [6.45, 7) is 3.79. The van der Waals surface area contributed by atoms with Crippen LogP contribution in [0.3, 0.4) is 0 Å². The molecule has 0 radical (unpaired) electrons. The molecule has 2 N–H and O–H groups in total. The smallest absolute Gasteiger partial charge is 0.235 e. The summed E-state index contributed by atoms with van der Waals surface area (Å²) in [7, 11) is 0. The number of hydrogen-bond acceptors (Lipinski definition) is 6. The van der Waals surface area contributed by atoms with Gasteiger partial charge in [0.05, 0.1) is 11.3 Å². The van der Waals surface area contributed by atoms with Crippen LogP contribution in [0.1, 0.15) is 22.9 Å². The summed E-state index contributed by atoms with van der Waals surface area (Å²) in [4.78, 5) is 13.7. The number of hydrogen-bond donors (Lipinski definition) is 1. The lowest BCUT2D eigenvalue weighted by Gasteiger charge is -2.09. The lowest BCUT2D eigenvalue weighted by Crippen LogP contribution is -2.15. The number of aryl methyl sites for hydroxylation is 2. The van der Waals surface area contributed by atoms with Gasteiger partial charge in [-0.2, -0.15) is 0 Å². The second-order valence-electron chi connectivity index (χ2n) is 5.27. The predicted octanol–water partition coefficient (Wildman–Crippen LogP) is 3.32. The number of nitrogens with zero attached hydrogens (tertiary/aromatic N) is 3. The van der Waals surface area contributed by atoms with Gasteiger partial charge in [-0.15, -0.1) is 0 Å². The second-order valence-corrected chi connectivity index (χ2v) is 5.27. The minimum absolute atomic E-state index is 0.0878. The van der Waals surface area contributed by atoms with E-state index in [-0.39, 0.29) is 12.4 Å². The molecular formula is C18H18N4O3. The van der Waals surface area contributed by atoms with E-state index in [1.807, 2.05) is 44.2 Å². The molecule has 3 rings (SSSR count). The Balaban J connectivity index is 1.72. The Labute approximate surface area is 145 Å². The summed E-state index contributed by atoms with van der Waals surface area (Å²) in [5.74, 6) is 2.35. The van der Waals surface area contributed by atoms with Gasteiger partial charge in [0.2, 0.25) is 11.8 Å². The molecule has 3 aromatic rings. The lowest BCUT2D eigenvalue weighted by molar-refractivity contribution is 0.110. The molecule has 7 nitrogen and oxygen atoms in total. The van der Waals surface area contributed by atoms with Crippen LogP contribution in [0.2, 0.25) is 0 Å². The van der Waals surface area contributed by atoms with Crippen molar-refractivity contribution >= 4 is 5.84 Å². The summed E-state index contributed by atoms with van der Waals surface area (Å²) in [6, 6.07) is 12.8. The molecular weight excluding hydrogens is 320 g/mol. The number of ether oxygens (including phenoxy) is 1. The lowest BCUT2D eigenvalue weighted by atomic mass is 10.2. The highest BCUT2D eigenvalue weighted by Gasteiger charge is 2.11. The van der Waals surface area contributed by atoms with Crippen LogP contribution in [-0.4, -0.2) is 15.8 Å². The molecule has 0 saturated carbocycles. The SMILES string of the molecule is Cc1nc(CO/N=C(\N)c2cccnc2Oc2ccccc2)oc1C. The van der Waals surface area contributed by atoms with Crippen molar-refractivity contribution in [3.63, 3.8) is 0 Å². The molecule has 0 fully saturated rings. The van der Waals surface area contributed by atoms with Crippen LogP contribution in [0.4, 0.5) is 0 Å². The Kier molecular flexibility index (Phi) is 4.94. The van der Waals surface area contributed by atoms with Crippen molar-refractivity contribution in [2.24, 2.45) is 10.9 Å². The molecule has 0 saturated heterocycles. The van der Waals surface area contributed by atoms with Gasteiger partial charge in [-0.25, -0.2) is 9.97 Å². The van der Waals surface area contributed by atoms with Crippen molar-refractivity contribution in [2.75, 3.05) is 0 Å². The molecule has 0 amide bonds. The summed E-state index contributed by atoms with van der Waals surface area (Å²) >= 11 is 0. The van der Waals surface area contributed by atoms with Gasteiger partial charge < -0.3 is 19.7 Å². The van der Waals surface area contributed by atoms with Gasteiger partial charge >= 0.3 is 0 Å². The van der Waals surface area contributed by atoms with Crippen molar-refractivity contribution in [2.45, 2.75) is 20.5 Å². The quantitative estimate of drug-likeness (QED) is 0.421. The molecule has 0 atom stereocenters. The number of nitrogens with two attached hydrogens (primary N) is 1. The molecule has 25 heavy (non-hydrogen) atoms. The largest absolute Gasteiger partial charge is 0.442 e. The third-order valence-corrected chi connectivity index (χ3v) is 3.43. The summed E-state index contributed by atoms with van der Waals surface area (Å²) in [6.07, 6.45) is 1.62. The maximum Gasteiger partial charge on any atom is 0.235 e. The predicted molar refractivity (Wildman–Crippen MR) is 92.2 cm³/mol. The molecule has 0 aliphatic carbocycles. The van der Waals surface area contributed by atoms with E-state index in [9.17, 15) is 0 Å². The molecule has 7 heteroatoms. The van der Waals surface area contributed by atoms with E-state index in [2.05, 4.69) is 15.1 Å². The Morgan fingerprint density at radius 2 is 1.96 bits per heavy atom. The number of oxazole rings is 1.